The fourth-order valence-corrected chi connectivity index (χ4v) is 2.78. The van der Waals surface area contributed by atoms with Crippen LogP contribution < -0.4 is 0 Å². The van der Waals surface area contributed by atoms with Crippen LogP contribution in [0.5, 0.6) is 0 Å². The number of carbonyl (C=O) groups is 2. The van der Waals surface area contributed by atoms with Crippen LogP contribution in [-0.2, 0) is 22.4 Å². The lowest BCUT2D eigenvalue weighted by Gasteiger charge is -2.25. The molecular weight excluding hydrogens is 286 g/mol. The third-order valence-corrected chi connectivity index (χ3v) is 4.20. The zero-order chi connectivity index (χ0) is 15.2. The number of rotatable bonds is 6. The molecule has 1 N–H and O–H groups in total. The van der Waals surface area contributed by atoms with Crippen molar-refractivity contribution in [3.63, 3.8) is 0 Å². The van der Waals surface area contributed by atoms with Gasteiger partial charge in [-0.1, -0.05) is 36.4 Å². The zero-order valence-electron chi connectivity index (χ0n) is 11.7. The van der Waals surface area contributed by atoms with Crippen molar-refractivity contribution < 1.29 is 14.7 Å². The van der Waals surface area contributed by atoms with E-state index in [1.165, 1.54) is 16.2 Å². The Labute approximate surface area is 127 Å². The zero-order valence-corrected chi connectivity index (χ0v) is 12.5. The van der Waals surface area contributed by atoms with Gasteiger partial charge in [0.15, 0.2) is 0 Å². The first-order valence-corrected chi connectivity index (χ1v) is 7.50. The highest BCUT2D eigenvalue weighted by Crippen LogP contribution is 2.13. The molecule has 0 saturated carbocycles. The normalized spacial score (nSPS) is 11.9. The average molecular weight is 303 g/mol. The van der Waals surface area contributed by atoms with E-state index >= 15 is 0 Å². The van der Waals surface area contributed by atoms with Gasteiger partial charge in [-0.2, -0.15) is 0 Å². The molecule has 1 unspecified atom stereocenters. The summed E-state index contributed by atoms with van der Waals surface area (Å²) in [6.07, 6.45) is 0.551. The van der Waals surface area contributed by atoms with Crippen molar-refractivity contribution in [3.05, 3.63) is 58.3 Å². The standard InChI is InChI=1S/C16H17NO3S/c1-17(15(18)11-13-8-5-9-21-13)14(16(19)20)10-12-6-3-2-4-7-12/h2-9,14H,10-11H2,1H3,(H,19,20). The second-order valence-corrected chi connectivity index (χ2v) is 5.84. The van der Waals surface area contributed by atoms with E-state index < -0.39 is 12.0 Å². The molecule has 0 spiro atoms. The minimum atomic E-state index is -0.985. The maximum atomic E-state index is 12.2. The lowest BCUT2D eigenvalue weighted by Crippen LogP contribution is -2.44. The molecule has 0 saturated heterocycles. The lowest BCUT2D eigenvalue weighted by atomic mass is 10.0. The van der Waals surface area contributed by atoms with Gasteiger partial charge in [0.25, 0.3) is 0 Å². The summed E-state index contributed by atoms with van der Waals surface area (Å²) in [4.78, 5) is 25.9. The second-order valence-electron chi connectivity index (χ2n) is 4.80. The largest absolute Gasteiger partial charge is 0.480 e. The first kappa shape index (κ1) is 15.3. The van der Waals surface area contributed by atoms with Crippen LogP contribution in [0.1, 0.15) is 10.4 Å². The maximum Gasteiger partial charge on any atom is 0.326 e. The maximum absolute atomic E-state index is 12.2. The molecule has 110 valence electrons. The number of amides is 1. The summed E-state index contributed by atoms with van der Waals surface area (Å²) < 4.78 is 0. The quantitative estimate of drug-likeness (QED) is 0.891. The van der Waals surface area contributed by atoms with Crippen molar-refractivity contribution in [2.75, 3.05) is 7.05 Å². The van der Waals surface area contributed by atoms with Crippen LogP contribution in [0.3, 0.4) is 0 Å². The minimum absolute atomic E-state index is 0.180. The third kappa shape index (κ3) is 4.16. The predicted molar refractivity (Wildman–Crippen MR) is 82.4 cm³/mol. The predicted octanol–water partition coefficient (Wildman–Crippen LogP) is 2.44. The molecular formula is C16H17NO3S. The molecule has 0 aliphatic heterocycles. The number of thiophene rings is 1. The third-order valence-electron chi connectivity index (χ3n) is 3.32. The van der Waals surface area contributed by atoms with Crippen molar-refractivity contribution in [1.82, 2.24) is 4.90 Å². The number of carbonyl (C=O) groups excluding carboxylic acids is 1. The fraction of sp³-hybridized carbons (Fsp3) is 0.250. The van der Waals surface area contributed by atoms with E-state index in [9.17, 15) is 14.7 Å². The Balaban J connectivity index is 2.06. The molecule has 0 aliphatic carbocycles. The van der Waals surface area contributed by atoms with Crippen LogP contribution in [0.2, 0.25) is 0 Å². The van der Waals surface area contributed by atoms with Crippen LogP contribution in [0.25, 0.3) is 0 Å². The number of benzene rings is 1. The van der Waals surface area contributed by atoms with Gasteiger partial charge >= 0.3 is 5.97 Å². The van der Waals surface area contributed by atoms with E-state index in [2.05, 4.69) is 0 Å². The molecule has 2 rings (SSSR count). The van der Waals surface area contributed by atoms with Gasteiger partial charge in [-0.3, -0.25) is 4.79 Å². The van der Waals surface area contributed by atoms with E-state index in [4.69, 9.17) is 0 Å². The van der Waals surface area contributed by atoms with E-state index in [0.717, 1.165) is 10.4 Å². The van der Waals surface area contributed by atoms with Gasteiger partial charge in [-0.15, -0.1) is 11.3 Å². The summed E-state index contributed by atoms with van der Waals surface area (Å²) in [6, 6.07) is 12.3. The molecule has 0 radical (unpaired) electrons. The van der Waals surface area contributed by atoms with Crippen LogP contribution in [0.15, 0.2) is 47.8 Å². The van der Waals surface area contributed by atoms with Gasteiger partial charge in [0.05, 0.1) is 6.42 Å². The van der Waals surface area contributed by atoms with Crippen LogP contribution >= 0.6 is 11.3 Å². The highest BCUT2D eigenvalue weighted by molar-refractivity contribution is 7.10. The Morgan fingerprint density at radius 1 is 1.19 bits per heavy atom. The van der Waals surface area contributed by atoms with Crippen molar-refractivity contribution >= 4 is 23.2 Å². The first-order chi connectivity index (χ1) is 10.1. The Kier molecular flexibility index (Phi) is 5.11. The molecule has 0 bridgehead atoms. The molecule has 0 aliphatic rings. The van der Waals surface area contributed by atoms with E-state index in [-0.39, 0.29) is 12.3 Å². The first-order valence-electron chi connectivity index (χ1n) is 6.62. The molecule has 0 fully saturated rings. The molecule has 1 heterocycles. The van der Waals surface area contributed by atoms with Crippen LogP contribution in [0.4, 0.5) is 0 Å². The number of nitrogens with zero attached hydrogens (tertiary/aromatic N) is 1. The molecule has 1 amide bonds. The van der Waals surface area contributed by atoms with Gasteiger partial charge in [-0.25, -0.2) is 4.79 Å². The van der Waals surface area contributed by atoms with E-state index in [1.807, 2.05) is 47.8 Å². The molecule has 4 nitrogen and oxygen atoms in total. The average Bonchev–Trinajstić information content (AvgIpc) is 2.97. The second kappa shape index (κ2) is 7.04. The number of aliphatic carboxylic acids is 1. The van der Waals surface area contributed by atoms with E-state index in [1.54, 1.807) is 7.05 Å². The van der Waals surface area contributed by atoms with Gasteiger partial charge in [-0.05, 0) is 17.0 Å². The van der Waals surface area contributed by atoms with Gasteiger partial charge < -0.3 is 10.0 Å². The molecule has 1 aromatic heterocycles. The Morgan fingerprint density at radius 3 is 2.48 bits per heavy atom. The summed E-state index contributed by atoms with van der Waals surface area (Å²) in [6.45, 7) is 0. The minimum Gasteiger partial charge on any atom is -0.480 e. The SMILES string of the molecule is CN(C(=O)Cc1cccs1)C(Cc1ccccc1)C(=O)O. The molecule has 1 atom stereocenters. The Bertz CT molecular complexity index is 595. The number of hydrogen-bond acceptors (Lipinski definition) is 3. The number of likely N-dealkylation sites (N-methyl/N-ethyl adjacent to an activating group) is 1. The van der Waals surface area contributed by atoms with E-state index in [0.29, 0.717) is 6.42 Å². The summed E-state index contributed by atoms with van der Waals surface area (Å²) >= 11 is 1.50. The summed E-state index contributed by atoms with van der Waals surface area (Å²) in [7, 11) is 1.55. The van der Waals surface area contributed by atoms with Crippen molar-refractivity contribution in [1.29, 1.82) is 0 Å². The molecule has 21 heavy (non-hydrogen) atoms. The van der Waals surface area contributed by atoms with Gasteiger partial charge in [0.1, 0.15) is 6.04 Å². The molecule has 1 aromatic carbocycles. The summed E-state index contributed by atoms with van der Waals surface area (Å²) in [5.74, 6) is -1.17. The number of carboxylic acid groups (broad SMARTS) is 1. The Hall–Kier alpha value is -2.14. The number of hydrogen-bond donors (Lipinski definition) is 1. The summed E-state index contributed by atoms with van der Waals surface area (Å²) in [5.41, 5.74) is 0.903. The number of carboxylic acids is 1. The fourth-order valence-electron chi connectivity index (χ4n) is 2.09. The van der Waals surface area contributed by atoms with Crippen LogP contribution in [0, 0.1) is 0 Å². The Morgan fingerprint density at radius 2 is 1.90 bits per heavy atom. The van der Waals surface area contributed by atoms with Crippen molar-refractivity contribution in [3.8, 4) is 0 Å². The van der Waals surface area contributed by atoms with Crippen molar-refractivity contribution in [2.45, 2.75) is 18.9 Å². The molecule has 2 aromatic rings. The van der Waals surface area contributed by atoms with Gasteiger partial charge in [0.2, 0.25) is 5.91 Å². The molecule has 5 heteroatoms. The van der Waals surface area contributed by atoms with Crippen LogP contribution in [-0.4, -0.2) is 35.0 Å². The topological polar surface area (TPSA) is 57.6 Å². The highest BCUT2D eigenvalue weighted by Gasteiger charge is 2.26. The van der Waals surface area contributed by atoms with Crippen molar-refractivity contribution in [2.24, 2.45) is 0 Å². The summed E-state index contributed by atoms with van der Waals surface area (Å²) in [5, 5.41) is 11.3. The lowest BCUT2D eigenvalue weighted by molar-refractivity contribution is -0.148. The smallest absolute Gasteiger partial charge is 0.326 e. The van der Waals surface area contributed by atoms with Gasteiger partial charge in [0, 0.05) is 18.3 Å². The highest BCUT2D eigenvalue weighted by atomic mass is 32.1. The monoisotopic (exact) mass is 303 g/mol.